The quantitative estimate of drug-likeness (QED) is 0.886. The van der Waals surface area contributed by atoms with Crippen molar-refractivity contribution in [2.24, 2.45) is 0 Å². The first-order valence-corrected chi connectivity index (χ1v) is 7.69. The fraction of sp³-hybridized carbons (Fsp3) is 0.600. The van der Waals surface area contributed by atoms with Gasteiger partial charge in [0.1, 0.15) is 0 Å². The third kappa shape index (κ3) is 2.15. The molecule has 2 heterocycles. The predicted octanol–water partition coefficient (Wildman–Crippen LogP) is 1.25. The van der Waals surface area contributed by atoms with Gasteiger partial charge in [0.2, 0.25) is 10.0 Å². The Morgan fingerprint density at radius 1 is 1.44 bits per heavy atom. The van der Waals surface area contributed by atoms with Crippen LogP contribution in [0.25, 0.3) is 0 Å². The summed E-state index contributed by atoms with van der Waals surface area (Å²) < 4.78 is 26.2. The van der Waals surface area contributed by atoms with Crippen LogP contribution in [0.3, 0.4) is 0 Å². The molecule has 0 radical (unpaired) electrons. The van der Waals surface area contributed by atoms with Crippen LogP contribution in [0.4, 0.5) is 0 Å². The molecule has 0 bridgehead atoms. The number of rotatable bonds is 4. The summed E-state index contributed by atoms with van der Waals surface area (Å²) >= 11 is 1.49. The van der Waals surface area contributed by atoms with E-state index in [2.05, 4.69) is 5.32 Å². The highest BCUT2D eigenvalue weighted by Crippen LogP contribution is 2.27. The molecule has 1 saturated heterocycles. The molecule has 0 saturated carbocycles. The van der Waals surface area contributed by atoms with Crippen molar-refractivity contribution in [3.63, 3.8) is 0 Å². The third-order valence-corrected chi connectivity index (χ3v) is 5.76. The molecule has 0 aromatic carbocycles. The van der Waals surface area contributed by atoms with Gasteiger partial charge in [-0.05, 0) is 31.3 Å². The number of hydrogen-bond donors (Lipinski definition) is 1. The number of hydrogen-bond acceptors (Lipinski definition) is 4. The highest BCUT2D eigenvalue weighted by atomic mass is 32.2. The average molecular weight is 260 g/mol. The minimum atomic E-state index is -3.24. The molecule has 0 aliphatic carbocycles. The molecule has 0 atom stereocenters. The van der Waals surface area contributed by atoms with Crippen molar-refractivity contribution < 1.29 is 8.42 Å². The van der Waals surface area contributed by atoms with Crippen LogP contribution in [0.1, 0.15) is 17.7 Å². The van der Waals surface area contributed by atoms with Crippen LogP contribution in [0.5, 0.6) is 0 Å². The molecule has 16 heavy (non-hydrogen) atoms. The maximum Gasteiger partial charge on any atom is 0.244 e. The van der Waals surface area contributed by atoms with Crippen LogP contribution in [-0.2, 0) is 16.6 Å². The summed E-state index contributed by atoms with van der Waals surface area (Å²) in [7, 11) is -1.42. The number of sulfonamides is 1. The van der Waals surface area contributed by atoms with E-state index in [-0.39, 0.29) is 0 Å². The maximum atomic E-state index is 12.3. The van der Waals surface area contributed by atoms with E-state index in [0.29, 0.717) is 24.5 Å². The van der Waals surface area contributed by atoms with Gasteiger partial charge in [-0.25, -0.2) is 8.42 Å². The van der Waals surface area contributed by atoms with Gasteiger partial charge in [0.15, 0.2) is 0 Å². The third-order valence-electron chi connectivity index (χ3n) is 2.72. The van der Waals surface area contributed by atoms with Crippen molar-refractivity contribution in [3.8, 4) is 0 Å². The van der Waals surface area contributed by atoms with Crippen LogP contribution in [-0.4, -0.2) is 32.9 Å². The second kappa shape index (κ2) is 4.83. The summed E-state index contributed by atoms with van der Waals surface area (Å²) in [5, 5.41) is 4.84. The smallest absolute Gasteiger partial charge is 0.244 e. The first-order chi connectivity index (χ1) is 7.66. The fourth-order valence-electron chi connectivity index (χ4n) is 1.92. The number of thiophene rings is 1. The largest absolute Gasteiger partial charge is 0.315 e. The van der Waals surface area contributed by atoms with Crippen molar-refractivity contribution in [1.29, 1.82) is 0 Å². The van der Waals surface area contributed by atoms with E-state index < -0.39 is 10.0 Å². The Hall–Kier alpha value is -0.430. The molecule has 1 N–H and O–H groups in total. The topological polar surface area (TPSA) is 49.4 Å². The molecule has 1 aliphatic rings. The normalized spacial score (nSPS) is 18.1. The zero-order chi connectivity index (χ0) is 11.6. The Labute approximate surface area is 100 Å². The first-order valence-electron chi connectivity index (χ1n) is 5.37. The zero-order valence-corrected chi connectivity index (χ0v) is 10.9. The Balaban J connectivity index is 2.31. The van der Waals surface area contributed by atoms with Crippen molar-refractivity contribution in [1.82, 2.24) is 9.62 Å². The van der Waals surface area contributed by atoms with Crippen LogP contribution >= 0.6 is 11.3 Å². The lowest BCUT2D eigenvalue weighted by Crippen LogP contribution is -2.28. The second-order valence-corrected chi connectivity index (χ2v) is 6.76. The highest BCUT2D eigenvalue weighted by molar-refractivity contribution is 7.89. The maximum absolute atomic E-state index is 12.3. The molecule has 2 rings (SSSR count). The van der Waals surface area contributed by atoms with E-state index in [1.165, 1.54) is 11.3 Å². The van der Waals surface area contributed by atoms with Crippen molar-refractivity contribution in [2.45, 2.75) is 24.3 Å². The SMILES string of the molecule is CNCc1sccc1S(=O)(=O)N1CCCC1. The van der Waals surface area contributed by atoms with E-state index >= 15 is 0 Å². The van der Waals surface area contributed by atoms with Gasteiger partial charge >= 0.3 is 0 Å². The van der Waals surface area contributed by atoms with E-state index in [1.807, 2.05) is 12.4 Å². The number of nitrogens with one attached hydrogen (secondary N) is 1. The second-order valence-electron chi connectivity index (χ2n) is 3.85. The van der Waals surface area contributed by atoms with Crippen LogP contribution < -0.4 is 5.32 Å². The summed E-state index contributed by atoms with van der Waals surface area (Å²) in [6.07, 6.45) is 1.95. The molecule has 4 nitrogen and oxygen atoms in total. The Bertz CT molecular complexity index is 447. The van der Waals surface area contributed by atoms with Gasteiger partial charge in [-0.3, -0.25) is 0 Å². The Morgan fingerprint density at radius 3 is 2.75 bits per heavy atom. The van der Waals surface area contributed by atoms with Crippen LogP contribution in [0.15, 0.2) is 16.3 Å². The molecule has 1 aliphatic heterocycles. The van der Waals surface area contributed by atoms with E-state index in [4.69, 9.17) is 0 Å². The lowest BCUT2D eigenvalue weighted by Gasteiger charge is -2.15. The van der Waals surface area contributed by atoms with Gasteiger partial charge in [0.25, 0.3) is 0 Å². The summed E-state index contributed by atoms with van der Waals surface area (Å²) in [6, 6.07) is 1.71. The molecular weight excluding hydrogens is 244 g/mol. The molecule has 6 heteroatoms. The number of nitrogens with zero attached hydrogens (tertiary/aromatic N) is 1. The lowest BCUT2D eigenvalue weighted by atomic mass is 10.4. The minimum absolute atomic E-state index is 0.480. The molecule has 0 unspecified atom stereocenters. The van der Waals surface area contributed by atoms with Gasteiger partial charge in [0.05, 0.1) is 4.90 Å². The van der Waals surface area contributed by atoms with Gasteiger partial charge in [-0.15, -0.1) is 11.3 Å². The molecule has 0 spiro atoms. The molecule has 1 aromatic heterocycles. The van der Waals surface area contributed by atoms with Gasteiger partial charge in [0, 0.05) is 24.5 Å². The first kappa shape index (κ1) is 12.0. The fourth-order valence-corrected chi connectivity index (χ4v) is 4.86. The highest BCUT2D eigenvalue weighted by Gasteiger charge is 2.29. The van der Waals surface area contributed by atoms with E-state index in [9.17, 15) is 8.42 Å². The van der Waals surface area contributed by atoms with Crippen LogP contribution in [0, 0.1) is 0 Å². The summed E-state index contributed by atoms with van der Waals surface area (Å²) in [5.41, 5.74) is 0. The summed E-state index contributed by atoms with van der Waals surface area (Å²) in [5.74, 6) is 0. The summed E-state index contributed by atoms with van der Waals surface area (Å²) in [6.45, 7) is 1.94. The molecule has 90 valence electrons. The molecule has 1 aromatic rings. The van der Waals surface area contributed by atoms with Crippen molar-refractivity contribution in [2.75, 3.05) is 20.1 Å². The Morgan fingerprint density at radius 2 is 2.12 bits per heavy atom. The molecular formula is C10H16N2O2S2. The minimum Gasteiger partial charge on any atom is -0.315 e. The molecule has 0 amide bonds. The summed E-state index contributed by atoms with van der Waals surface area (Å²) in [4.78, 5) is 1.38. The predicted molar refractivity (Wildman–Crippen MR) is 65.1 cm³/mol. The monoisotopic (exact) mass is 260 g/mol. The Kier molecular flexibility index (Phi) is 3.63. The zero-order valence-electron chi connectivity index (χ0n) is 9.27. The van der Waals surface area contributed by atoms with Gasteiger partial charge in [-0.2, -0.15) is 4.31 Å². The van der Waals surface area contributed by atoms with E-state index in [1.54, 1.807) is 10.4 Å². The lowest BCUT2D eigenvalue weighted by molar-refractivity contribution is 0.477. The van der Waals surface area contributed by atoms with Gasteiger partial charge in [-0.1, -0.05) is 0 Å². The van der Waals surface area contributed by atoms with Crippen molar-refractivity contribution in [3.05, 3.63) is 16.3 Å². The van der Waals surface area contributed by atoms with E-state index in [0.717, 1.165) is 17.7 Å². The standard InChI is InChI=1S/C10H16N2O2S2/c1-11-8-9-10(4-7-15-9)16(13,14)12-5-2-3-6-12/h4,7,11H,2-3,5-6,8H2,1H3. The van der Waals surface area contributed by atoms with Crippen molar-refractivity contribution >= 4 is 21.4 Å². The average Bonchev–Trinajstić information content (AvgIpc) is 2.88. The van der Waals surface area contributed by atoms with Gasteiger partial charge < -0.3 is 5.32 Å². The van der Waals surface area contributed by atoms with Crippen LogP contribution in [0.2, 0.25) is 0 Å². The molecule has 1 fully saturated rings.